The van der Waals surface area contributed by atoms with Gasteiger partial charge >= 0.3 is 0 Å². The van der Waals surface area contributed by atoms with Crippen LogP contribution in [0.2, 0.25) is 0 Å². The monoisotopic (exact) mass is 282 g/mol. The minimum Gasteiger partial charge on any atom is -0.437 e. The molecule has 1 aromatic heterocycles. The molecule has 0 fully saturated rings. The van der Waals surface area contributed by atoms with Crippen LogP contribution in [-0.2, 0) is 11.3 Å². The molecule has 0 radical (unpaired) electrons. The first-order valence-corrected chi connectivity index (χ1v) is 6.82. The summed E-state index contributed by atoms with van der Waals surface area (Å²) < 4.78 is 24.5. The van der Waals surface area contributed by atoms with Gasteiger partial charge < -0.3 is 14.5 Å². The van der Waals surface area contributed by atoms with Crippen molar-refractivity contribution in [2.24, 2.45) is 0 Å². The fraction of sp³-hybridized carbons (Fsp3) is 0.533. The zero-order chi connectivity index (χ0) is 14.7. The van der Waals surface area contributed by atoms with Gasteiger partial charge in [0.1, 0.15) is 5.52 Å². The molecule has 20 heavy (non-hydrogen) atoms. The van der Waals surface area contributed by atoms with Crippen LogP contribution in [0.3, 0.4) is 0 Å². The number of oxazole rings is 1. The van der Waals surface area contributed by atoms with E-state index < -0.39 is 0 Å². The van der Waals surface area contributed by atoms with E-state index in [4.69, 9.17) is 9.15 Å². The normalized spacial score (nSPS) is 13.3. The zero-order valence-corrected chi connectivity index (χ0v) is 12.4. The van der Waals surface area contributed by atoms with E-state index in [1.54, 1.807) is 7.11 Å². The fourth-order valence-electron chi connectivity index (χ4n) is 2.01. The molecule has 4 nitrogen and oxygen atoms in total. The van der Waals surface area contributed by atoms with Gasteiger partial charge in [-0.2, -0.15) is 0 Å². The van der Waals surface area contributed by atoms with Crippen molar-refractivity contribution in [3.05, 3.63) is 29.4 Å². The molecule has 0 spiro atoms. The minimum atomic E-state index is -0.363. The minimum absolute atomic E-state index is 0. The lowest BCUT2D eigenvalue weighted by atomic mass is 10.2. The van der Waals surface area contributed by atoms with Crippen molar-refractivity contribution in [2.45, 2.75) is 39.3 Å². The molecule has 2 aromatic rings. The molecule has 0 bridgehead atoms. The highest BCUT2D eigenvalue weighted by molar-refractivity contribution is 5.74. The van der Waals surface area contributed by atoms with E-state index in [-0.39, 0.29) is 24.8 Å². The average molecular weight is 282 g/mol. The van der Waals surface area contributed by atoms with E-state index in [0.29, 0.717) is 24.6 Å². The second-order valence-corrected chi connectivity index (χ2v) is 5.37. The summed E-state index contributed by atoms with van der Waals surface area (Å²) in [4.78, 5) is 4.34. The summed E-state index contributed by atoms with van der Waals surface area (Å²) in [7, 11) is 1.66. The highest BCUT2D eigenvalue weighted by Gasteiger charge is 2.14. The number of halogens is 1. The number of aromatic nitrogens is 1. The maximum Gasteiger partial charge on any atom is 0.198 e. The molecule has 1 aromatic carbocycles. The fourth-order valence-corrected chi connectivity index (χ4v) is 2.01. The third kappa shape index (κ3) is 3.35. The molecule has 0 aliphatic rings. The molecular weight excluding hydrogens is 259 g/mol. The topological polar surface area (TPSA) is 47.3 Å². The zero-order valence-electron chi connectivity index (χ0n) is 12.4. The SMILES string of the molecule is COCC(C)NCc1cc(F)c2oc(C(C)C)nc2c1.[HH]. The summed E-state index contributed by atoms with van der Waals surface area (Å²) in [5.41, 5.74) is 1.66. The van der Waals surface area contributed by atoms with E-state index in [1.807, 2.05) is 26.8 Å². The number of methoxy groups -OCH3 is 1. The molecule has 1 N–H and O–H groups in total. The standard InChI is InChI=1S/C15H21FN2O2.H2/c1-9(2)15-18-13-6-11(5-12(16)14(13)20-15)7-17-10(3)8-19-4;/h5-6,9-10,17H,7-8H2,1-4H3;1H. The molecule has 0 saturated heterocycles. The summed E-state index contributed by atoms with van der Waals surface area (Å²) in [6.07, 6.45) is 0. The Morgan fingerprint density at radius 1 is 1.40 bits per heavy atom. The van der Waals surface area contributed by atoms with Crippen molar-refractivity contribution in [3.63, 3.8) is 0 Å². The van der Waals surface area contributed by atoms with Gasteiger partial charge in [-0.05, 0) is 24.6 Å². The van der Waals surface area contributed by atoms with Gasteiger partial charge in [-0.15, -0.1) is 0 Å². The van der Waals surface area contributed by atoms with Crippen molar-refractivity contribution >= 4 is 11.1 Å². The van der Waals surface area contributed by atoms with Crippen LogP contribution in [0.15, 0.2) is 16.5 Å². The maximum atomic E-state index is 14.0. The van der Waals surface area contributed by atoms with Crippen molar-refractivity contribution in [3.8, 4) is 0 Å². The van der Waals surface area contributed by atoms with Crippen LogP contribution in [0.1, 0.15) is 39.6 Å². The summed E-state index contributed by atoms with van der Waals surface area (Å²) in [5, 5.41) is 3.27. The Kier molecular flexibility index (Phi) is 4.73. The van der Waals surface area contributed by atoms with Gasteiger partial charge in [0, 0.05) is 27.0 Å². The summed E-state index contributed by atoms with van der Waals surface area (Å²) in [5.74, 6) is 0.347. The first-order valence-electron chi connectivity index (χ1n) is 6.82. The number of benzene rings is 1. The number of rotatable bonds is 6. The van der Waals surface area contributed by atoms with E-state index >= 15 is 0 Å². The Bertz CT molecular complexity index is 586. The molecular formula is C15H23FN2O2. The Morgan fingerprint density at radius 2 is 2.15 bits per heavy atom. The first-order chi connectivity index (χ1) is 9.51. The average Bonchev–Trinajstić information content (AvgIpc) is 2.81. The van der Waals surface area contributed by atoms with E-state index in [0.717, 1.165) is 5.56 Å². The Morgan fingerprint density at radius 3 is 2.80 bits per heavy atom. The molecule has 2 rings (SSSR count). The van der Waals surface area contributed by atoms with Crippen LogP contribution in [0.5, 0.6) is 0 Å². The summed E-state index contributed by atoms with van der Waals surface area (Å²) >= 11 is 0. The summed E-state index contributed by atoms with van der Waals surface area (Å²) in [6.45, 7) is 7.15. The molecule has 0 aliphatic heterocycles. The molecule has 1 unspecified atom stereocenters. The highest BCUT2D eigenvalue weighted by atomic mass is 19.1. The van der Waals surface area contributed by atoms with Crippen LogP contribution >= 0.6 is 0 Å². The van der Waals surface area contributed by atoms with Crippen molar-refractivity contribution < 1.29 is 15.0 Å². The van der Waals surface area contributed by atoms with E-state index in [2.05, 4.69) is 10.3 Å². The van der Waals surface area contributed by atoms with Crippen molar-refractivity contribution in [1.82, 2.24) is 10.3 Å². The van der Waals surface area contributed by atoms with Crippen LogP contribution in [0, 0.1) is 5.82 Å². The first kappa shape index (κ1) is 14.9. The Labute approximate surface area is 119 Å². The van der Waals surface area contributed by atoms with Gasteiger partial charge in [-0.1, -0.05) is 13.8 Å². The molecule has 112 valence electrons. The van der Waals surface area contributed by atoms with Gasteiger partial charge in [-0.25, -0.2) is 9.37 Å². The molecule has 1 atom stereocenters. The van der Waals surface area contributed by atoms with E-state index in [9.17, 15) is 4.39 Å². The quantitative estimate of drug-likeness (QED) is 0.881. The molecule has 0 aliphatic carbocycles. The second kappa shape index (κ2) is 6.33. The smallest absolute Gasteiger partial charge is 0.198 e. The van der Waals surface area contributed by atoms with Crippen LogP contribution in [0.25, 0.3) is 11.1 Å². The molecule has 5 heteroatoms. The lowest BCUT2D eigenvalue weighted by molar-refractivity contribution is 0.171. The highest BCUT2D eigenvalue weighted by Crippen LogP contribution is 2.24. The lowest BCUT2D eigenvalue weighted by Gasteiger charge is -2.12. The van der Waals surface area contributed by atoms with Gasteiger partial charge in [0.05, 0.1) is 6.61 Å². The van der Waals surface area contributed by atoms with Gasteiger partial charge in [-0.3, -0.25) is 0 Å². The predicted molar refractivity (Wildman–Crippen MR) is 78.3 cm³/mol. The molecule has 0 saturated carbocycles. The van der Waals surface area contributed by atoms with Crippen LogP contribution in [-0.4, -0.2) is 24.7 Å². The number of hydrogen-bond acceptors (Lipinski definition) is 4. The number of fused-ring (bicyclic) bond motifs is 1. The Balaban J connectivity index is 0.00000220. The third-order valence-electron chi connectivity index (χ3n) is 3.09. The largest absolute Gasteiger partial charge is 0.437 e. The summed E-state index contributed by atoms with van der Waals surface area (Å²) in [6, 6.07) is 3.56. The maximum absolute atomic E-state index is 14.0. The van der Waals surface area contributed by atoms with Gasteiger partial charge in [0.25, 0.3) is 0 Å². The number of nitrogens with zero attached hydrogens (tertiary/aromatic N) is 1. The Hall–Kier alpha value is -1.46. The molecule has 1 heterocycles. The number of nitrogens with one attached hydrogen (secondary N) is 1. The van der Waals surface area contributed by atoms with E-state index in [1.165, 1.54) is 6.07 Å². The van der Waals surface area contributed by atoms with Crippen molar-refractivity contribution in [2.75, 3.05) is 13.7 Å². The van der Waals surface area contributed by atoms with Crippen molar-refractivity contribution in [1.29, 1.82) is 0 Å². The number of ether oxygens (including phenoxy) is 1. The predicted octanol–water partition coefficient (Wildman–Crippen LogP) is 3.46. The number of hydrogen-bond donors (Lipinski definition) is 1. The van der Waals surface area contributed by atoms with Gasteiger partial charge in [0.15, 0.2) is 17.3 Å². The van der Waals surface area contributed by atoms with Crippen LogP contribution in [0.4, 0.5) is 4.39 Å². The second-order valence-electron chi connectivity index (χ2n) is 5.37. The third-order valence-corrected chi connectivity index (χ3v) is 3.09. The van der Waals surface area contributed by atoms with Crippen LogP contribution < -0.4 is 5.32 Å². The van der Waals surface area contributed by atoms with Gasteiger partial charge in [0.2, 0.25) is 0 Å². The lowest BCUT2D eigenvalue weighted by Crippen LogP contribution is -2.29. The molecule has 0 amide bonds.